The minimum absolute atomic E-state index is 0.352. The minimum Gasteiger partial charge on any atom is -0.479 e. The Bertz CT molecular complexity index is 1240. The summed E-state index contributed by atoms with van der Waals surface area (Å²) in [5.74, 6) is 0.505. The van der Waals surface area contributed by atoms with E-state index in [9.17, 15) is 9.59 Å². The van der Waals surface area contributed by atoms with E-state index in [1.165, 1.54) is 10.8 Å². The van der Waals surface area contributed by atoms with Crippen LogP contribution in [0, 0.1) is 0 Å². The number of carbonyl (C=O) groups is 2. The second-order valence-electron chi connectivity index (χ2n) is 9.47. The second kappa shape index (κ2) is 10.1. The third-order valence-electron chi connectivity index (χ3n) is 5.67. The summed E-state index contributed by atoms with van der Waals surface area (Å²) in [5, 5.41) is 0.648. The summed E-state index contributed by atoms with van der Waals surface area (Å²) in [5.41, 5.74) is 2.91. The summed E-state index contributed by atoms with van der Waals surface area (Å²) in [6.07, 6.45) is 1.38. The molecule has 3 aromatic carbocycles. The van der Waals surface area contributed by atoms with E-state index in [1.54, 1.807) is 0 Å². The maximum Gasteiger partial charge on any atom is 0.418 e. The zero-order valence-electron chi connectivity index (χ0n) is 19.7. The lowest BCUT2D eigenvalue weighted by molar-refractivity contribution is 0.112. The molecular weight excluding hydrogens is 442 g/mol. The summed E-state index contributed by atoms with van der Waals surface area (Å²) in [6, 6.07) is 26.2. The largest absolute Gasteiger partial charge is 0.479 e. The maximum atomic E-state index is 13.0. The normalized spacial score (nSPS) is 11.5. The lowest BCUT2D eigenvalue weighted by atomic mass is 10.0. The molecule has 0 aliphatic carbocycles. The number of hydrogen-bond acceptors (Lipinski definition) is 4. The van der Waals surface area contributed by atoms with Gasteiger partial charge in [0.05, 0.1) is 6.61 Å². The van der Waals surface area contributed by atoms with E-state index in [4.69, 9.17) is 9.47 Å². The zero-order chi connectivity index (χ0) is 24.1. The van der Waals surface area contributed by atoms with E-state index in [-0.39, 0.29) is 6.10 Å². The van der Waals surface area contributed by atoms with Gasteiger partial charge in [-0.05, 0) is 23.2 Å². The van der Waals surface area contributed by atoms with Gasteiger partial charge in [-0.3, -0.25) is 4.79 Å². The van der Waals surface area contributed by atoms with Crippen LogP contribution in [0.1, 0.15) is 27.6 Å². The van der Waals surface area contributed by atoms with Crippen molar-refractivity contribution >= 4 is 31.4 Å². The SMILES string of the molecule is C[Si](C)(C)CCOC(=O)n1cc(C=O)c2cccc(OC(c3ccccc3)c3ccccc3)c21. The minimum atomic E-state index is -1.36. The van der Waals surface area contributed by atoms with Gasteiger partial charge in [-0.25, -0.2) is 9.36 Å². The van der Waals surface area contributed by atoms with Crippen LogP contribution in [-0.2, 0) is 4.74 Å². The predicted octanol–water partition coefficient (Wildman–Crippen LogP) is 6.95. The highest BCUT2D eigenvalue weighted by Gasteiger charge is 2.23. The van der Waals surface area contributed by atoms with Crippen LogP contribution >= 0.6 is 0 Å². The summed E-state index contributed by atoms with van der Waals surface area (Å²) in [7, 11) is -1.36. The highest BCUT2D eigenvalue weighted by atomic mass is 28.3. The van der Waals surface area contributed by atoms with Crippen molar-refractivity contribution in [2.24, 2.45) is 0 Å². The first kappa shape index (κ1) is 23.5. The van der Waals surface area contributed by atoms with Crippen molar-refractivity contribution in [1.82, 2.24) is 4.57 Å². The number of carbonyl (C=O) groups excluding carboxylic acids is 2. The quantitative estimate of drug-likeness (QED) is 0.206. The van der Waals surface area contributed by atoms with Crippen molar-refractivity contribution in [3.63, 3.8) is 0 Å². The smallest absolute Gasteiger partial charge is 0.418 e. The number of aromatic nitrogens is 1. The number of benzene rings is 3. The van der Waals surface area contributed by atoms with Gasteiger partial charge in [0.15, 0.2) is 6.29 Å². The summed E-state index contributed by atoms with van der Waals surface area (Å²) < 4.78 is 13.6. The van der Waals surface area contributed by atoms with E-state index < -0.39 is 14.2 Å². The molecule has 4 aromatic rings. The highest BCUT2D eigenvalue weighted by molar-refractivity contribution is 6.76. The Morgan fingerprint density at radius 2 is 1.53 bits per heavy atom. The average Bonchev–Trinajstić information content (AvgIpc) is 3.22. The van der Waals surface area contributed by atoms with Gasteiger partial charge in [-0.15, -0.1) is 0 Å². The zero-order valence-corrected chi connectivity index (χ0v) is 20.7. The Hall–Kier alpha value is -3.64. The Morgan fingerprint density at radius 1 is 0.912 bits per heavy atom. The van der Waals surface area contributed by atoms with E-state index in [0.29, 0.717) is 28.8 Å². The van der Waals surface area contributed by atoms with Crippen LogP contribution in [0.4, 0.5) is 4.79 Å². The van der Waals surface area contributed by atoms with Gasteiger partial charge >= 0.3 is 6.09 Å². The lowest BCUT2D eigenvalue weighted by Crippen LogP contribution is -2.24. The van der Waals surface area contributed by atoms with Gasteiger partial charge < -0.3 is 9.47 Å². The van der Waals surface area contributed by atoms with Crippen molar-refractivity contribution < 1.29 is 19.1 Å². The number of para-hydroxylation sites is 1. The summed E-state index contributed by atoms with van der Waals surface area (Å²) in [6.45, 7) is 7.05. The molecule has 0 spiro atoms. The van der Waals surface area contributed by atoms with E-state index in [2.05, 4.69) is 19.6 Å². The molecule has 0 unspecified atom stereocenters. The maximum absolute atomic E-state index is 13.0. The average molecular weight is 472 g/mol. The van der Waals surface area contributed by atoms with Crippen LogP contribution in [0.25, 0.3) is 10.9 Å². The number of rotatable bonds is 8. The molecule has 0 radical (unpaired) electrons. The number of fused-ring (bicyclic) bond motifs is 1. The second-order valence-corrected chi connectivity index (χ2v) is 15.1. The molecule has 0 saturated carbocycles. The van der Waals surface area contributed by atoms with Crippen molar-refractivity contribution in [1.29, 1.82) is 0 Å². The first-order valence-corrected chi connectivity index (χ1v) is 15.1. The molecule has 0 saturated heterocycles. The third-order valence-corrected chi connectivity index (χ3v) is 7.37. The highest BCUT2D eigenvalue weighted by Crippen LogP contribution is 2.35. The Balaban J connectivity index is 1.75. The molecule has 0 N–H and O–H groups in total. The molecule has 0 fully saturated rings. The topological polar surface area (TPSA) is 57.5 Å². The molecule has 0 atom stereocenters. The molecule has 1 heterocycles. The lowest BCUT2D eigenvalue weighted by Gasteiger charge is -2.21. The molecule has 1 aromatic heterocycles. The Labute approximate surface area is 200 Å². The molecule has 4 rings (SSSR count). The first-order chi connectivity index (χ1) is 16.4. The van der Waals surface area contributed by atoms with Gasteiger partial charge in [0.2, 0.25) is 0 Å². The van der Waals surface area contributed by atoms with E-state index in [0.717, 1.165) is 23.5 Å². The first-order valence-electron chi connectivity index (χ1n) is 11.4. The number of nitrogens with zero attached hydrogens (tertiary/aromatic N) is 1. The predicted molar refractivity (Wildman–Crippen MR) is 138 cm³/mol. The molecule has 0 aliphatic heterocycles. The van der Waals surface area contributed by atoms with Gasteiger partial charge in [0, 0.05) is 25.2 Å². The molecule has 6 heteroatoms. The molecule has 174 valence electrons. The number of ether oxygens (including phenoxy) is 2. The molecular formula is C28H29NO4Si. The van der Waals surface area contributed by atoms with Gasteiger partial charge in [-0.2, -0.15) is 0 Å². The molecule has 5 nitrogen and oxygen atoms in total. The van der Waals surface area contributed by atoms with Crippen LogP contribution in [0.2, 0.25) is 25.7 Å². The molecule has 0 amide bonds. The fourth-order valence-electron chi connectivity index (χ4n) is 3.84. The van der Waals surface area contributed by atoms with Crippen LogP contribution in [-0.4, -0.2) is 31.6 Å². The van der Waals surface area contributed by atoms with Gasteiger partial charge in [0.25, 0.3) is 0 Å². The molecule has 34 heavy (non-hydrogen) atoms. The monoisotopic (exact) mass is 471 g/mol. The van der Waals surface area contributed by atoms with Gasteiger partial charge in [0.1, 0.15) is 17.4 Å². The fraction of sp³-hybridized carbons (Fsp3) is 0.214. The van der Waals surface area contributed by atoms with E-state index >= 15 is 0 Å². The van der Waals surface area contributed by atoms with Crippen molar-refractivity contribution in [3.8, 4) is 5.75 Å². The summed E-state index contributed by atoms with van der Waals surface area (Å²) in [4.78, 5) is 24.8. The van der Waals surface area contributed by atoms with Gasteiger partial charge in [-0.1, -0.05) is 92.4 Å². The molecule has 0 aliphatic rings. The fourth-order valence-corrected chi connectivity index (χ4v) is 4.55. The standard InChI is InChI=1S/C28H29NO4Si/c1-34(2,3)18-17-32-28(31)29-19-23(20-30)24-15-10-16-25(26(24)29)33-27(21-11-6-4-7-12-21)22-13-8-5-9-14-22/h4-16,19-20,27H,17-18H2,1-3H3. The third kappa shape index (κ3) is 5.29. The molecule has 0 bridgehead atoms. The van der Waals surface area contributed by atoms with Crippen LogP contribution in [0.5, 0.6) is 5.75 Å². The summed E-state index contributed by atoms with van der Waals surface area (Å²) >= 11 is 0. The van der Waals surface area contributed by atoms with Crippen LogP contribution in [0.15, 0.2) is 85.1 Å². The number of aldehydes is 1. The van der Waals surface area contributed by atoms with Crippen molar-refractivity contribution in [2.45, 2.75) is 31.8 Å². The Kier molecular flexibility index (Phi) is 6.98. The Morgan fingerprint density at radius 3 is 2.09 bits per heavy atom. The van der Waals surface area contributed by atoms with Crippen molar-refractivity contribution in [2.75, 3.05) is 6.61 Å². The van der Waals surface area contributed by atoms with Crippen molar-refractivity contribution in [3.05, 3.63) is 102 Å². The number of hydrogen-bond donors (Lipinski definition) is 0. The van der Waals surface area contributed by atoms with Crippen LogP contribution in [0.3, 0.4) is 0 Å². The van der Waals surface area contributed by atoms with E-state index in [1.807, 2.05) is 78.9 Å². The van der Waals surface area contributed by atoms with Crippen LogP contribution < -0.4 is 4.74 Å².